The summed E-state index contributed by atoms with van der Waals surface area (Å²) < 4.78 is 20.0. The summed E-state index contributed by atoms with van der Waals surface area (Å²) in [6.07, 6.45) is 7.01. The molecule has 0 radical (unpaired) electrons. The van der Waals surface area contributed by atoms with E-state index in [0.29, 0.717) is 61.9 Å². The number of hydrogen-bond acceptors (Lipinski definition) is 5. The number of aromatic nitrogens is 2. The molecule has 6 nitrogen and oxygen atoms in total. The number of carbonyl (C=O) groups excluding carboxylic acids is 1. The van der Waals surface area contributed by atoms with Crippen LogP contribution in [0.1, 0.15) is 49.2 Å². The Hall–Kier alpha value is -2.28. The van der Waals surface area contributed by atoms with Gasteiger partial charge in [-0.2, -0.15) is 0 Å². The Bertz CT molecular complexity index is 756. The molecule has 1 saturated heterocycles. The van der Waals surface area contributed by atoms with E-state index in [9.17, 15) is 9.18 Å². The van der Waals surface area contributed by atoms with Crippen LogP contribution in [-0.4, -0.2) is 60.2 Å². The molecule has 1 aromatic rings. The Morgan fingerprint density at radius 2 is 2.15 bits per heavy atom. The van der Waals surface area contributed by atoms with Crippen LogP contribution in [0.25, 0.3) is 5.57 Å². The molecule has 3 rings (SSSR count). The number of allylic oxidation sites excluding steroid dienone is 4. The van der Waals surface area contributed by atoms with E-state index in [2.05, 4.69) is 9.97 Å². The molecule has 27 heavy (non-hydrogen) atoms. The number of nitrogens with zero attached hydrogens (tertiary/aromatic N) is 4. The first kappa shape index (κ1) is 19.5. The van der Waals surface area contributed by atoms with Crippen LogP contribution in [0.3, 0.4) is 0 Å². The number of anilines is 1. The quantitative estimate of drug-likeness (QED) is 0.792. The van der Waals surface area contributed by atoms with Gasteiger partial charge in [0.2, 0.25) is 5.95 Å². The minimum absolute atomic E-state index is 0.0741. The molecule has 1 aliphatic heterocycles. The lowest BCUT2D eigenvalue weighted by atomic mass is 9.99. The molecule has 146 valence electrons. The lowest BCUT2D eigenvalue weighted by Crippen LogP contribution is -2.38. The van der Waals surface area contributed by atoms with E-state index in [1.807, 2.05) is 24.8 Å². The number of rotatable bonds is 5. The largest absolute Gasteiger partial charge is 0.378 e. The van der Waals surface area contributed by atoms with Crippen molar-refractivity contribution in [2.75, 3.05) is 38.3 Å². The van der Waals surface area contributed by atoms with Crippen molar-refractivity contribution in [3.05, 3.63) is 35.4 Å². The predicted molar refractivity (Wildman–Crippen MR) is 103 cm³/mol. The highest BCUT2D eigenvalue weighted by atomic mass is 19.1. The van der Waals surface area contributed by atoms with Crippen LogP contribution in [0.2, 0.25) is 0 Å². The molecule has 2 aliphatic rings. The van der Waals surface area contributed by atoms with Crippen molar-refractivity contribution in [3.8, 4) is 0 Å². The minimum Gasteiger partial charge on any atom is -0.378 e. The highest BCUT2D eigenvalue weighted by Crippen LogP contribution is 2.31. The smallest absolute Gasteiger partial charge is 0.257 e. The normalized spacial score (nSPS) is 18.6. The minimum atomic E-state index is -0.232. The van der Waals surface area contributed by atoms with E-state index in [4.69, 9.17) is 4.74 Å². The van der Waals surface area contributed by atoms with Crippen LogP contribution in [0.4, 0.5) is 10.3 Å². The summed E-state index contributed by atoms with van der Waals surface area (Å²) in [7, 11) is 1.76. The van der Waals surface area contributed by atoms with Gasteiger partial charge in [-0.15, -0.1) is 0 Å². The second-order valence-corrected chi connectivity index (χ2v) is 6.96. The number of morpholine rings is 1. The zero-order valence-corrected chi connectivity index (χ0v) is 16.2. The van der Waals surface area contributed by atoms with Crippen molar-refractivity contribution >= 4 is 17.4 Å². The lowest BCUT2D eigenvalue weighted by molar-refractivity contribution is 0.0739. The SMILES string of the molecule is CCC(C)N(C)C(=O)c1cnc(N2CCOCC2)nc1C1=C(F)CCC=C1. The van der Waals surface area contributed by atoms with Gasteiger partial charge in [-0.05, 0) is 19.8 Å². The number of ether oxygens (including phenoxy) is 1. The van der Waals surface area contributed by atoms with Gasteiger partial charge in [0.1, 0.15) is 5.83 Å². The average Bonchev–Trinajstić information content (AvgIpc) is 2.72. The summed E-state index contributed by atoms with van der Waals surface area (Å²) in [5.41, 5.74) is 1.10. The molecule has 7 heteroatoms. The monoisotopic (exact) mass is 374 g/mol. The lowest BCUT2D eigenvalue weighted by Gasteiger charge is -2.28. The van der Waals surface area contributed by atoms with Crippen LogP contribution < -0.4 is 4.90 Å². The summed E-state index contributed by atoms with van der Waals surface area (Å²) in [4.78, 5) is 25.8. The van der Waals surface area contributed by atoms with Gasteiger partial charge in [-0.1, -0.05) is 19.1 Å². The van der Waals surface area contributed by atoms with E-state index in [1.54, 1.807) is 18.0 Å². The van der Waals surface area contributed by atoms with Gasteiger partial charge in [-0.3, -0.25) is 4.79 Å². The zero-order valence-electron chi connectivity index (χ0n) is 16.2. The number of halogens is 1. The molecule has 0 saturated carbocycles. The standard InChI is InChI=1S/C20H27FN4O2/c1-4-14(2)24(3)19(26)16-13-22-20(25-9-11-27-12-10-25)23-18(16)15-7-5-6-8-17(15)21/h5,7,13-14H,4,6,8-12H2,1-3H3. The maximum absolute atomic E-state index is 14.6. The van der Waals surface area contributed by atoms with Crippen LogP contribution in [-0.2, 0) is 4.74 Å². The highest BCUT2D eigenvalue weighted by Gasteiger charge is 2.26. The van der Waals surface area contributed by atoms with Crippen LogP contribution in [0.15, 0.2) is 24.2 Å². The first-order chi connectivity index (χ1) is 13.0. The Kier molecular flexibility index (Phi) is 6.21. The molecule has 1 unspecified atom stereocenters. The van der Waals surface area contributed by atoms with E-state index in [1.165, 1.54) is 6.20 Å². The second kappa shape index (κ2) is 8.61. The Labute approximate surface area is 159 Å². The topological polar surface area (TPSA) is 58.6 Å². The van der Waals surface area contributed by atoms with Gasteiger partial charge in [-0.25, -0.2) is 14.4 Å². The number of carbonyl (C=O) groups is 1. The third-order valence-corrected chi connectivity index (χ3v) is 5.24. The fourth-order valence-corrected chi connectivity index (χ4v) is 3.16. The molecular formula is C20H27FN4O2. The van der Waals surface area contributed by atoms with Crippen molar-refractivity contribution < 1.29 is 13.9 Å². The average molecular weight is 374 g/mol. The van der Waals surface area contributed by atoms with Crippen molar-refractivity contribution in [1.82, 2.24) is 14.9 Å². The third kappa shape index (κ3) is 4.18. The maximum Gasteiger partial charge on any atom is 0.257 e. The van der Waals surface area contributed by atoms with Crippen LogP contribution in [0, 0.1) is 0 Å². The molecule has 2 heterocycles. The first-order valence-electron chi connectivity index (χ1n) is 9.55. The maximum atomic E-state index is 14.6. The zero-order chi connectivity index (χ0) is 19.4. The van der Waals surface area contributed by atoms with Gasteiger partial charge in [0.25, 0.3) is 5.91 Å². The van der Waals surface area contributed by atoms with Crippen molar-refractivity contribution in [3.63, 3.8) is 0 Å². The Morgan fingerprint density at radius 3 is 2.81 bits per heavy atom. The van der Waals surface area contributed by atoms with Gasteiger partial charge >= 0.3 is 0 Å². The molecule has 1 fully saturated rings. The fraction of sp³-hybridized carbons (Fsp3) is 0.550. The van der Waals surface area contributed by atoms with Gasteiger partial charge in [0, 0.05) is 44.4 Å². The van der Waals surface area contributed by atoms with Gasteiger partial charge < -0.3 is 14.5 Å². The third-order valence-electron chi connectivity index (χ3n) is 5.24. The summed E-state index contributed by atoms with van der Waals surface area (Å²) in [6.45, 7) is 6.58. The van der Waals surface area contributed by atoms with Crippen LogP contribution >= 0.6 is 0 Å². The summed E-state index contributed by atoms with van der Waals surface area (Å²) >= 11 is 0. The van der Waals surface area contributed by atoms with E-state index >= 15 is 0 Å². The Morgan fingerprint density at radius 1 is 1.41 bits per heavy atom. The highest BCUT2D eigenvalue weighted by molar-refractivity contribution is 5.99. The second-order valence-electron chi connectivity index (χ2n) is 6.96. The van der Waals surface area contributed by atoms with Gasteiger partial charge in [0.15, 0.2) is 0 Å². The van der Waals surface area contributed by atoms with Crippen molar-refractivity contribution in [2.24, 2.45) is 0 Å². The molecule has 1 atom stereocenters. The first-order valence-corrected chi connectivity index (χ1v) is 9.55. The molecule has 0 N–H and O–H groups in total. The van der Waals surface area contributed by atoms with E-state index < -0.39 is 0 Å². The van der Waals surface area contributed by atoms with Crippen molar-refractivity contribution in [2.45, 2.75) is 39.2 Å². The van der Waals surface area contributed by atoms with Crippen LogP contribution in [0.5, 0.6) is 0 Å². The summed E-state index contributed by atoms with van der Waals surface area (Å²) in [5, 5.41) is 0. The number of amides is 1. The predicted octanol–water partition coefficient (Wildman–Crippen LogP) is 3.21. The fourth-order valence-electron chi connectivity index (χ4n) is 3.16. The summed E-state index contributed by atoms with van der Waals surface area (Å²) in [6, 6.07) is 0.0741. The van der Waals surface area contributed by atoms with E-state index in [0.717, 1.165) is 6.42 Å². The molecule has 0 bridgehead atoms. The Balaban J connectivity index is 2.04. The number of hydrogen-bond donors (Lipinski definition) is 0. The molecule has 0 aromatic carbocycles. The molecular weight excluding hydrogens is 347 g/mol. The van der Waals surface area contributed by atoms with E-state index in [-0.39, 0.29) is 17.8 Å². The molecule has 0 spiro atoms. The summed E-state index contributed by atoms with van der Waals surface area (Å²) in [5.74, 6) is 0.0897. The van der Waals surface area contributed by atoms with Gasteiger partial charge in [0.05, 0.1) is 24.5 Å². The molecule has 1 aliphatic carbocycles. The van der Waals surface area contributed by atoms with Crippen molar-refractivity contribution in [1.29, 1.82) is 0 Å². The molecule has 1 amide bonds. The molecule has 1 aromatic heterocycles.